The number of pyridine rings is 4. The zero-order chi connectivity index (χ0) is 26.5. The molecule has 0 unspecified atom stereocenters. The molecule has 2 N–H and O–H groups in total. The average Bonchev–Trinajstić information content (AvgIpc) is 2.94. The molecule has 10 nitrogen and oxygen atoms in total. The van der Waals surface area contributed by atoms with Gasteiger partial charge in [-0.25, -0.2) is 9.97 Å². The maximum Gasteiger partial charge on any atom is 0.270 e. The van der Waals surface area contributed by atoms with Crippen molar-refractivity contribution in [1.29, 1.82) is 0 Å². The predicted molar refractivity (Wildman–Crippen MR) is 144 cm³/mol. The van der Waals surface area contributed by atoms with Crippen LogP contribution in [0.3, 0.4) is 0 Å². The van der Waals surface area contributed by atoms with Crippen LogP contribution in [0.5, 0.6) is 0 Å². The largest absolute Gasteiger partial charge is 0.347 e. The molecular formula is C28H24N8O2. The first kappa shape index (κ1) is 24.4. The Morgan fingerprint density at radius 2 is 1.84 bits per heavy atom. The second-order valence-corrected chi connectivity index (χ2v) is 8.62. The van der Waals surface area contributed by atoms with E-state index in [1.165, 1.54) is 10.6 Å². The van der Waals surface area contributed by atoms with E-state index in [1.54, 1.807) is 62.3 Å². The maximum absolute atomic E-state index is 12.6. The van der Waals surface area contributed by atoms with Crippen LogP contribution in [0, 0.1) is 6.92 Å². The summed E-state index contributed by atoms with van der Waals surface area (Å²) in [5.74, 6) is 0.701. The maximum atomic E-state index is 12.6. The van der Waals surface area contributed by atoms with Gasteiger partial charge in [0.2, 0.25) is 0 Å². The molecule has 5 rings (SSSR count). The van der Waals surface area contributed by atoms with Gasteiger partial charge in [-0.3, -0.25) is 24.5 Å². The fourth-order valence-corrected chi connectivity index (χ4v) is 3.68. The lowest BCUT2D eigenvalue weighted by atomic mass is 10.1. The number of hydrogen-bond donors (Lipinski definition) is 2. The molecule has 188 valence electrons. The van der Waals surface area contributed by atoms with Crippen LogP contribution in [0.15, 0.2) is 90.4 Å². The van der Waals surface area contributed by atoms with E-state index in [1.807, 2.05) is 31.2 Å². The lowest BCUT2D eigenvalue weighted by molar-refractivity contribution is 0.0946. The van der Waals surface area contributed by atoms with E-state index in [-0.39, 0.29) is 17.2 Å². The number of anilines is 2. The normalized spacial score (nSPS) is 10.7. The molecule has 5 aromatic rings. The van der Waals surface area contributed by atoms with Crippen molar-refractivity contribution in [1.82, 2.24) is 34.8 Å². The summed E-state index contributed by atoms with van der Waals surface area (Å²) >= 11 is 0. The van der Waals surface area contributed by atoms with Crippen molar-refractivity contribution in [3.05, 3.63) is 113 Å². The first-order chi connectivity index (χ1) is 18.4. The van der Waals surface area contributed by atoms with Crippen LogP contribution in [0.1, 0.15) is 21.7 Å². The topological polar surface area (TPSA) is 128 Å². The van der Waals surface area contributed by atoms with Gasteiger partial charge in [0.25, 0.3) is 11.5 Å². The molecule has 5 heterocycles. The Hall–Kier alpha value is -5.25. The molecule has 0 aliphatic heterocycles. The molecule has 0 saturated carbocycles. The van der Waals surface area contributed by atoms with E-state index in [4.69, 9.17) is 0 Å². The van der Waals surface area contributed by atoms with Crippen molar-refractivity contribution in [3.8, 4) is 22.6 Å². The number of hydrogen-bond acceptors (Lipinski definition) is 8. The quantitative estimate of drug-likeness (QED) is 0.344. The minimum atomic E-state index is -0.300. The van der Waals surface area contributed by atoms with E-state index in [0.29, 0.717) is 29.4 Å². The van der Waals surface area contributed by atoms with Gasteiger partial charge in [0.15, 0.2) is 5.82 Å². The number of amides is 1. The molecule has 0 saturated heterocycles. The van der Waals surface area contributed by atoms with Crippen molar-refractivity contribution >= 4 is 17.4 Å². The Kier molecular flexibility index (Phi) is 6.94. The van der Waals surface area contributed by atoms with Gasteiger partial charge < -0.3 is 15.2 Å². The summed E-state index contributed by atoms with van der Waals surface area (Å²) in [6, 6.07) is 16.1. The van der Waals surface area contributed by atoms with Gasteiger partial charge in [0.1, 0.15) is 11.5 Å². The molecule has 0 aliphatic rings. The van der Waals surface area contributed by atoms with Gasteiger partial charge in [-0.05, 0) is 48.9 Å². The van der Waals surface area contributed by atoms with E-state index in [2.05, 4.69) is 35.6 Å². The van der Waals surface area contributed by atoms with Crippen LogP contribution in [0.2, 0.25) is 0 Å². The van der Waals surface area contributed by atoms with Crippen LogP contribution < -0.4 is 16.2 Å². The standard InChI is InChI=1S/C28H24N8O2/c1-18-12-25(34-22-9-11-36(2)26(37)13-22)35-27(33-18)21-6-8-24(31-17-21)28(38)32-15-19-5-7-23(30-14-19)20-4-3-10-29-16-20/h3-14,16-17H,15H2,1-2H3,(H,32,38)(H,33,34,35). The Labute approximate surface area is 218 Å². The lowest BCUT2D eigenvalue weighted by Crippen LogP contribution is -2.23. The molecule has 0 fully saturated rings. The SMILES string of the molecule is Cc1cc(Nc2ccn(C)c(=O)c2)nc(-c2ccc(C(=O)NCc3ccc(-c4cccnc4)nc3)nc2)n1. The van der Waals surface area contributed by atoms with Gasteiger partial charge in [-0.2, -0.15) is 0 Å². The second kappa shape index (κ2) is 10.8. The van der Waals surface area contributed by atoms with E-state index < -0.39 is 0 Å². The lowest BCUT2D eigenvalue weighted by Gasteiger charge is -2.10. The van der Waals surface area contributed by atoms with Crippen LogP contribution in [-0.4, -0.2) is 35.4 Å². The average molecular weight is 505 g/mol. The van der Waals surface area contributed by atoms with Crippen LogP contribution >= 0.6 is 0 Å². The Morgan fingerprint density at radius 1 is 0.947 bits per heavy atom. The second-order valence-electron chi connectivity index (χ2n) is 8.62. The van der Waals surface area contributed by atoms with Crippen LogP contribution in [-0.2, 0) is 13.6 Å². The first-order valence-corrected chi connectivity index (χ1v) is 11.8. The fourth-order valence-electron chi connectivity index (χ4n) is 3.68. The van der Waals surface area contributed by atoms with Gasteiger partial charge in [0.05, 0.1) is 5.69 Å². The zero-order valence-corrected chi connectivity index (χ0v) is 20.8. The first-order valence-electron chi connectivity index (χ1n) is 11.8. The highest BCUT2D eigenvalue weighted by molar-refractivity contribution is 5.92. The van der Waals surface area contributed by atoms with Crippen molar-refractivity contribution in [3.63, 3.8) is 0 Å². The van der Waals surface area contributed by atoms with Gasteiger partial charge in [0, 0.05) is 79.2 Å². The minimum Gasteiger partial charge on any atom is -0.347 e. The third-order valence-electron chi connectivity index (χ3n) is 5.72. The summed E-state index contributed by atoms with van der Waals surface area (Å²) in [4.78, 5) is 46.5. The molecule has 0 spiro atoms. The molecule has 1 amide bonds. The van der Waals surface area contributed by atoms with Crippen molar-refractivity contribution in [2.75, 3.05) is 5.32 Å². The molecule has 0 radical (unpaired) electrons. The molecule has 10 heteroatoms. The monoisotopic (exact) mass is 504 g/mol. The Bertz CT molecular complexity index is 1630. The third kappa shape index (κ3) is 5.76. The number of aryl methyl sites for hydroxylation is 2. The number of carbonyl (C=O) groups is 1. The summed E-state index contributed by atoms with van der Waals surface area (Å²) in [7, 11) is 1.69. The molecular weight excluding hydrogens is 480 g/mol. The van der Waals surface area contributed by atoms with Gasteiger partial charge in [-0.1, -0.05) is 6.07 Å². The van der Waals surface area contributed by atoms with Crippen molar-refractivity contribution in [2.24, 2.45) is 7.05 Å². The fraction of sp³-hybridized carbons (Fsp3) is 0.107. The van der Waals surface area contributed by atoms with E-state index >= 15 is 0 Å². The third-order valence-corrected chi connectivity index (χ3v) is 5.72. The van der Waals surface area contributed by atoms with E-state index in [9.17, 15) is 9.59 Å². The molecule has 0 bridgehead atoms. The van der Waals surface area contributed by atoms with E-state index in [0.717, 1.165) is 22.5 Å². The summed E-state index contributed by atoms with van der Waals surface area (Å²) in [5.41, 5.74) is 4.79. The van der Waals surface area contributed by atoms with Crippen molar-refractivity contribution < 1.29 is 4.79 Å². The van der Waals surface area contributed by atoms with Gasteiger partial charge in [-0.15, -0.1) is 0 Å². The Balaban J connectivity index is 1.24. The summed E-state index contributed by atoms with van der Waals surface area (Å²) in [5, 5.41) is 6.01. The molecule has 0 aromatic carbocycles. The highest BCUT2D eigenvalue weighted by Gasteiger charge is 2.11. The molecule has 38 heavy (non-hydrogen) atoms. The minimum absolute atomic E-state index is 0.128. The van der Waals surface area contributed by atoms with Gasteiger partial charge >= 0.3 is 0 Å². The number of nitrogens with zero attached hydrogens (tertiary/aromatic N) is 6. The Morgan fingerprint density at radius 3 is 2.55 bits per heavy atom. The zero-order valence-electron chi connectivity index (χ0n) is 20.8. The van der Waals surface area contributed by atoms with Crippen molar-refractivity contribution in [2.45, 2.75) is 13.5 Å². The molecule has 0 aliphatic carbocycles. The number of rotatable bonds is 7. The highest BCUT2D eigenvalue weighted by Crippen LogP contribution is 2.20. The summed E-state index contributed by atoms with van der Waals surface area (Å²) < 4.78 is 1.49. The predicted octanol–water partition coefficient (Wildman–Crippen LogP) is 3.68. The number of aromatic nitrogens is 6. The smallest absolute Gasteiger partial charge is 0.270 e. The highest BCUT2D eigenvalue weighted by atomic mass is 16.2. The summed E-state index contributed by atoms with van der Waals surface area (Å²) in [6.07, 6.45) is 8.45. The van der Waals surface area contributed by atoms with Crippen LogP contribution in [0.25, 0.3) is 22.6 Å². The van der Waals surface area contributed by atoms with Crippen LogP contribution in [0.4, 0.5) is 11.5 Å². The molecule has 0 atom stereocenters. The number of carbonyl (C=O) groups excluding carboxylic acids is 1. The summed E-state index contributed by atoms with van der Waals surface area (Å²) in [6.45, 7) is 2.18. The number of nitrogens with one attached hydrogen (secondary N) is 2. The molecule has 5 aromatic heterocycles.